The number of halogens is 1. The highest BCUT2D eigenvalue weighted by atomic mass is 79.9. The van der Waals surface area contributed by atoms with Gasteiger partial charge in [0.15, 0.2) is 17.8 Å². The van der Waals surface area contributed by atoms with Crippen molar-refractivity contribution >= 4 is 28.2 Å². The average molecular weight is 353 g/mol. The fraction of sp³-hybridized carbons (Fsp3) is 0.154. The van der Waals surface area contributed by atoms with Gasteiger partial charge in [-0.3, -0.25) is 9.89 Å². The average Bonchev–Trinajstić information content (AvgIpc) is 2.96. The van der Waals surface area contributed by atoms with E-state index in [1.807, 2.05) is 0 Å². The van der Waals surface area contributed by atoms with Crippen molar-refractivity contribution in [1.29, 1.82) is 0 Å². The van der Waals surface area contributed by atoms with Gasteiger partial charge in [-0.05, 0) is 28.1 Å². The number of benzene rings is 1. The van der Waals surface area contributed by atoms with E-state index < -0.39 is 5.97 Å². The van der Waals surface area contributed by atoms with Gasteiger partial charge in [-0.2, -0.15) is 5.10 Å². The topological polar surface area (TPSA) is 102 Å². The first-order chi connectivity index (χ1) is 10.1. The van der Waals surface area contributed by atoms with Crippen LogP contribution in [0, 0.1) is 0 Å². The minimum atomic E-state index is -1.11. The lowest BCUT2D eigenvalue weighted by Gasteiger charge is -2.22. The number of hydrogen-bond acceptors (Lipinski definition) is 5. The molecule has 0 amide bonds. The summed E-state index contributed by atoms with van der Waals surface area (Å²) in [5.41, 5.74) is 1.26. The Hall–Kier alpha value is -2.35. The van der Waals surface area contributed by atoms with Crippen LogP contribution in [0.25, 0.3) is 11.3 Å². The van der Waals surface area contributed by atoms with Crippen LogP contribution >= 0.6 is 15.9 Å². The van der Waals surface area contributed by atoms with Crippen LogP contribution in [0.4, 0.5) is 0 Å². The number of fused-ring (bicyclic) bond motifs is 1. The third-order valence-corrected chi connectivity index (χ3v) is 3.66. The van der Waals surface area contributed by atoms with Gasteiger partial charge in [0.2, 0.25) is 0 Å². The van der Waals surface area contributed by atoms with Crippen LogP contribution in [0.15, 0.2) is 16.6 Å². The highest BCUT2D eigenvalue weighted by Gasteiger charge is 2.25. The van der Waals surface area contributed by atoms with Gasteiger partial charge in [-0.15, -0.1) is 0 Å². The van der Waals surface area contributed by atoms with E-state index in [2.05, 4.69) is 26.1 Å². The second-order valence-electron chi connectivity index (χ2n) is 4.26. The Kier molecular flexibility index (Phi) is 3.38. The summed E-state index contributed by atoms with van der Waals surface area (Å²) >= 11 is 3.30. The highest BCUT2D eigenvalue weighted by molar-refractivity contribution is 9.10. The van der Waals surface area contributed by atoms with Crippen LogP contribution in [0.1, 0.15) is 20.8 Å². The molecule has 0 aliphatic carbocycles. The molecule has 108 valence electrons. The lowest BCUT2D eigenvalue weighted by molar-refractivity contribution is 0.0690. The van der Waals surface area contributed by atoms with Crippen molar-refractivity contribution in [3.63, 3.8) is 0 Å². The first-order valence-electron chi connectivity index (χ1n) is 5.98. The SMILES string of the molecule is O=Cc1c(Br)cc(-c2cc(C(=O)O)[nH]n2)c2c1OCCO2. The van der Waals surface area contributed by atoms with Gasteiger partial charge < -0.3 is 14.6 Å². The fourth-order valence-electron chi connectivity index (χ4n) is 2.07. The van der Waals surface area contributed by atoms with Gasteiger partial charge in [0.1, 0.15) is 18.9 Å². The Morgan fingerprint density at radius 3 is 2.67 bits per heavy atom. The third-order valence-electron chi connectivity index (χ3n) is 3.00. The molecule has 0 saturated carbocycles. The van der Waals surface area contributed by atoms with E-state index >= 15 is 0 Å². The van der Waals surface area contributed by atoms with E-state index in [-0.39, 0.29) is 5.69 Å². The molecule has 21 heavy (non-hydrogen) atoms. The van der Waals surface area contributed by atoms with E-state index in [9.17, 15) is 9.59 Å². The Labute approximate surface area is 127 Å². The Balaban J connectivity index is 2.20. The van der Waals surface area contributed by atoms with Crippen LogP contribution in [-0.2, 0) is 0 Å². The minimum absolute atomic E-state index is 0.0361. The molecule has 0 fully saturated rings. The number of ether oxygens (including phenoxy) is 2. The van der Waals surface area contributed by atoms with Crippen molar-refractivity contribution in [3.05, 3.63) is 27.9 Å². The number of carbonyl (C=O) groups excluding carboxylic acids is 1. The lowest BCUT2D eigenvalue weighted by Crippen LogP contribution is -2.17. The number of carboxylic acid groups (broad SMARTS) is 1. The molecule has 2 N–H and O–H groups in total. The maximum Gasteiger partial charge on any atom is 0.353 e. The molecule has 1 aliphatic rings. The number of hydrogen-bond donors (Lipinski definition) is 2. The molecule has 0 bridgehead atoms. The molecule has 8 heteroatoms. The Bertz CT molecular complexity index is 740. The van der Waals surface area contributed by atoms with Crippen LogP contribution in [-0.4, -0.2) is 40.8 Å². The number of aldehydes is 1. The maximum atomic E-state index is 11.2. The lowest BCUT2D eigenvalue weighted by atomic mass is 10.1. The number of nitrogens with zero attached hydrogens (tertiary/aromatic N) is 1. The van der Waals surface area contributed by atoms with E-state index in [0.29, 0.717) is 52.3 Å². The molecule has 0 spiro atoms. The van der Waals surface area contributed by atoms with Crippen LogP contribution < -0.4 is 9.47 Å². The van der Waals surface area contributed by atoms with Gasteiger partial charge in [0.25, 0.3) is 0 Å². The minimum Gasteiger partial charge on any atom is -0.485 e. The van der Waals surface area contributed by atoms with Gasteiger partial charge in [0.05, 0.1) is 11.3 Å². The molecule has 1 aromatic carbocycles. The normalized spacial score (nSPS) is 13.0. The maximum absolute atomic E-state index is 11.2. The van der Waals surface area contributed by atoms with Crippen molar-refractivity contribution in [1.82, 2.24) is 10.2 Å². The summed E-state index contributed by atoms with van der Waals surface area (Å²) in [7, 11) is 0. The summed E-state index contributed by atoms with van der Waals surface area (Å²) in [6.07, 6.45) is 0.675. The summed E-state index contributed by atoms with van der Waals surface area (Å²) in [5, 5.41) is 15.3. The molecule has 0 radical (unpaired) electrons. The van der Waals surface area contributed by atoms with Crippen LogP contribution in [0.5, 0.6) is 11.5 Å². The standard InChI is InChI=1S/C13H9BrN2O5/c14-8-3-6(9-4-10(13(18)19)16-15-9)11-12(7(8)5-17)21-2-1-20-11/h3-5H,1-2H2,(H,15,16)(H,18,19). The Morgan fingerprint density at radius 1 is 1.33 bits per heavy atom. The number of H-pyrrole nitrogens is 1. The number of carboxylic acids is 1. The van der Waals surface area contributed by atoms with Gasteiger partial charge in [-0.1, -0.05) is 0 Å². The van der Waals surface area contributed by atoms with Crippen molar-refractivity contribution < 1.29 is 24.2 Å². The number of aromatic amines is 1. The molecule has 0 unspecified atom stereocenters. The van der Waals surface area contributed by atoms with Gasteiger partial charge in [0, 0.05) is 10.0 Å². The molecular weight excluding hydrogens is 344 g/mol. The smallest absolute Gasteiger partial charge is 0.353 e. The monoisotopic (exact) mass is 352 g/mol. The number of aromatic carboxylic acids is 1. The predicted octanol–water partition coefficient (Wildman–Crippen LogP) is 2.12. The summed E-state index contributed by atoms with van der Waals surface area (Å²) in [4.78, 5) is 22.1. The van der Waals surface area contributed by atoms with Crippen molar-refractivity contribution in [3.8, 4) is 22.8 Å². The van der Waals surface area contributed by atoms with Crippen LogP contribution in [0.3, 0.4) is 0 Å². The quantitative estimate of drug-likeness (QED) is 0.820. The molecule has 2 aromatic rings. The highest BCUT2D eigenvalue weighted by Crippen LogP contribution is 2.44. The molecule has 1 aliphatic heterocycles. The van der Waals surface area contributed by atoms with Gasteiger partial charge >= 0.3 is 5.97 Å². The van der Waals surface area contributed by atoms with Crippen LogP contribution in [0.2, 0.25) is 0 Å². The van der Waals surface area contributed by atoms with E-state index in [1.165, 1.54) is 6.07 Å². The zero-order chi connectivity index (χ0) is 15.0. The summed E-state index contributed by atoms with van der Waals surface area (Å²) in [5.74, 6) is -0.390. The molecule has 7 nitrogen and oxygen atoms in total. The molecule has 0 atom stereocenters. The molecule has 2 heterocycles. The molecular formula is C13H9BrN2O5. The summed E-state index contributed by atoms with van der Waals surface area (Å²) < 4.78 is 11.6. The van der Waals surface area contributed by atoms with Crippen molar-refractivity contribution in [2.45, 2.75) is 0 Å². The fourth-order valence-corrected chi connectivity index (χ4v) is 2.57. The van der Waals surface area contributed by atoms with Crippen molar-refractivity contribution in [2.75, 3.05) is 13.2 Å². The third kappa shape index (κ3) is 2.27. The predicted molar refractivity (Wildman–Crippen MR) is 75.1 cm³/mol. The number of rotatable bonds is 3. The van der Waals surface area contributed by atoms with Crippen molar-refractivity contribution in [2.24, 2.45) is 0 Å². The second kappa shape index (κ2) is 5.21. The number of carbonyl (C=O) groups is 2. The first kappa shape index (κ1) is 13.6. The Morgan fingerprint density at radius 2 is 2.05 bits per heavy atom. The molecule has 1 aromatic heterocycles. The van der Waals surface area contributed by atoms with E-state index in [0.717, 1.165) is 0 Å². The number of aromatic nitrogens is 2. The summed E-state index contributed by atoms with van der Waals surface area (Å²) in [6, 6.07) is 3.04. The first-order valence-corrected chi connectivity index (χ1v) is 6.77. The largest absolute Gasteiger partial charge is 0.485 e. The summed E-state index contributed by atoms with van der Waals surface area (Å²) in [6.45, 7) is 0.681. The zero-order valence-corrected chi connectivity index (χ0v) is 12.1. The number of nitrogens with one attached hydrogen (secondary N) is 1. The van der Waals surface area contributed by atoms with Gasteiger partial charge in [-0.25, -0.2) is 4.79 Å². The molecule has 3 rings (SSSR count). The van der Waals surface area contributed by atoms with E-state index in [1.54, 1.807) is 6.07 Å². The zero-order valence-electron chi connectivity index (χ0n) is 10.6. The molecule has 0 saturated heterocycles. The van der Waals surface area contributed by atoms with E-state index in [4.69, 9.17) is 14.6 Å². The second-order valence-corrected chi connectivity index (χ2v) is 5.12.